The molecule has 6 nitrogen and oxygen atoms in total. The Labute approximate surface area is 183 Å². The summed E-state index contributed by atoms with van der Waals surface area (Å²) in [5.41, 5.74) is 0.755. The predicted molar refractivity (Wildman–Crippen MR) is 108 cm³/mol. The van der Waals surface area contributed by atoms with Crippen molar-refractivity contribution in [1.29, 1.82) is 0 Å². The largest absolute Gasteiger partial charge is 0.468 e. The third-order valence-electron chi connectivity index (χ3n) is 5.81. The van der Waals surface area contributed by atoms with E-state index in [0.29, 0.717) is 23.4 Å². The van der Waals surface area contributed by atoms with Gasteiger partial charge < -0.3 is 14.8 Å². The number of hydrogen-bond donors (Lipinski definition) is 1. The standard InChI is InChI=1S/C23H24F3NO5/c1-5-32-22(30)17-12(3)27-15-10-11(2)16(21(29)31-4)20(28)19(15)18(17)13-6-8-14(9-7-13)23(24,25)26/h6-9,11,16,18,27H,5,10H2,1-4H3/t11-,16-,18+/m0/s1. The van der Waals surface area contributed by atoms with Gasteiger partial charge in [0.1, 0.15) is 5.92 Å². The molecule has 32 heavy (non-hydrogen) atoms. The number of rotatable bonds is 4. The van der Waals surface area contributed by atoms with Gasteiger partial charge >= 0.3 is 18.1 Å². The van der Waals surface area contributed by atoms with E-state index >= 15 is 0 Å². The molecule has 1 aliphatic carbocycles. The fraction of sp³-hybridized carbons (Fsp3) is 0.435. The molecule has 1 aromatic rings. The number of carbonyl (C=O) groups is 3. The van der Waals surface area contributed by atoms with Crippen molar-refractivity contribution in [2.45, 2.75) is 39.3 Å². The molecule has 9 heteroatoms. The number of methoxy groups -OCH3 is 1. The highest BCUT2D eigenvalue weighted by Gasteiger charge is 2.47. The van der Waals surface area contributed by atoms with Crippen molar-refractivity contribution < 1.29 is 37.0 Å². The van der Waals surface area contributed by atoms with E-state index in [9.17, 15) is 27.6 Å². The van der Waals surface area contributed by atoms with Gasteiger partial charge in [-0.25, -0.2) is 4.79 Å². The smallest absolute Gasteiger partial charge is 0.416 e. The number of allylic oxidation sites excluding steroid dienone is 3. The molecule has 3 rings (SSSR count). The molecule has 1 aliphatic heterocycles. The van der Waals surface area contributed by atoms with E-state index in [0.717, 1.165) is 12.1 Å². The summed E-state index contributed by atoms with van der Waals surface area (Å²) in [4.78, 5) is 38.6. The van der Waals surface area contributed by atoms with Crippen molar-refractivity contribution >= 4 is 17.7 Å². The Morgan fingerprint density at radius 2 is 1.81 bits per heavy atom. The molecule has 0 unspecified atom stereocenters. The summed E-state index contributed by atoms with van der Waals surface area (Å²) < 4.78 is 49.2. The fourth-order valence-corrected chi connectivity index (χ4v) is 4.36. The lowest BCUT2D eigenvalue weighted by atomic mass is 9.69. The number of esters is 2. The first-order chi connectivity index (χ1) is 15.0. The van der Waals surface area contributed by atoms with E-state index < -0.39 is 41.3 Å². The Kier molecular flexibility index (Phi) is 6.48. The van der Waals surface area contributed by atoms with Gasteiger partial charge in [-0.3, -0.25) is 9.59 Å². The normalized spacial score (nSPS) is 23.5. The molecule has 0 spiro atoms. The molecule has 172 valence electrons. The first-order valence-electron chi connectivity index (χ1n) is 10.2. The number of ketones is 1. The van der Waals surface area contributed by atoms with Crippen LogP contribution < -0.4 is 5.32 Å². The number of benzene rings is 1. The summed E-state index contributed by atoms with van der Waals surface area (Å²) in [6.07, 6.45) is -4.19. The molecule has 3 atom stereocenters. The number of alkyl halides is 3. The number of nitrogens with one attached hydrogen (secondary N) is 1. The predicted octanol–water partition coefficient (Wildman–Crippen LogP) is 3.88. The Bertz CT molecular complexity index is 1010. The first kappa shape index (κ1) is 23.6. The van der Waals surface area contributed by atoms with Crippen molar-refractivity contribution in [3.63, 3.8) is 0 Å². The van der Waals surface area contributed by atoms with Crippen LogP contribution in [0.15, 0.2) is 46.8 Å². The molecule has 1 aromatic carbocycles. The number of hydrogen-bond acceptors (Lipinski definition) is 6. The minimum absolute atomic E-state index is 0.0804. The molecule has 0 fully saturated rings. The molecule has 0 amide bonds. The molecular weight excluding hydrogens is 427 g/mol. The molecule has 1 N–H and O–H groups in total. The maximum atomic E-state index is 13.5. The van der Waals surface area contributed by atoms with E-state index in [4.69, 9.17) is 9.47 Å². The number of Topliss-reactive ketones (excluding diaryl/α,β-unsaturated/α-hetero) is 1. The molecule has 0 bridgehead atoms. The van der Waals surface area contributed by atoms with Crippen LogP contribution in [-0.2, 0) is 30.0 Å². The van der Waals surface area contributed by atoms with Crippen molar-refractivity contribution in [3.05, 3.63) is 57.9 Å². The zero-order valence-electron chi connectivity index (χ0n) is 18.1. The van der Waals surface area contributed by atoms with Crippen LogP contribution in [-0.4, -0.2) is 31.4 Å². The zero-order chi connectivity index (χ0) is 23.8. The minimum atomic E-state index is -4.53. The maximum absolute atomic E-state index is 13.5. The average Bonchev–Trinajstić information content (AvgIpc) is 2.72. The van der Waals surface area contributed by atoms with Gasteiger partial charge in [0.15, 0.2) is 5.78 Å². The molecule has 0 aromatic heterocycles. The van der Waals surface area contributed by atoms with Gasteiger partial charge in [0.05, 0.1) is 24.9 Å². The van der Waals surface area contributed by atoms with Gasteiger partial charge in [-0.05, 0) is 43.9 Å². The van der Waals surface area contributed by atoms with Crippen LogP contribution in [0, 0.1) is 11.8 Å². The summed E-state index contributed by atoms with van der Waals surface area (Å²) in [5, 5.41) is 3.09. The highest BCUT2D eigenvalue weighted by Crippen LogP contribution is 2.45. The van der Waals surface area contributed by atoms with E-state index in [-0.39, 0.29) is 23.7 Å². The van der Waals surface area contributed by atoms with E-state index in [2.05, 4.69) is 5.32 Å². The van der Waals surface area contributed by atoms with E-state index in [1.165, 1.54) is 19.2 Å². The Morgan fingerprint density at radius 1 is 1.19 bits per heavy atom. The van der Waals surface area contributed by atoms with Crippen LogP contribution in [0.25, 0.3) is 0 Å². The minimum Gasteiger partial charge on any atom is -0.468 e. The Balaban J connectivity index is 2.18. The van der Waals surface area contributed by atoms with Gasteiger partial charge in [0, 0.05) is 22.9 Å². The Hall–Kier alpha value is -3.10. The lowest BCUT2D eigenvalue weighted by molar-refractivity contribution is -0.151. The zero-order valence-corrected chi connectivity index (χ0v) is 18.1. The van der Waals surface area contributed by atoms with Crippen LogP contribution in [0.4, 0.5) is 13.2 Å². The van der Waals surface area contributed by atoms with Crippen molar-refractivity contribution in [2.75, 3.05) is 13.7 Å². The summed E-state index contributed by atoms with van der Waals surface area (Å²) in [7, 11) is 1.19. The molecule has 0 saturated heterocycles. The topological polar surface area (TPSA) is 81.7 Å². The summed E-state index contributed by atoms with van der Waals surface area (Å²) in [6.45, 7) is 5.10. The van der Waals surface area contributed by atoms with E-state index in [1.807, 2.05) is 0 Å². The third kappa shape index (κ3) is 4.16. The van der Waals surface area contributed by atoms with Gasteiger partial charge in [-0.15, -0.1) is 0 Å². The van der Waals surface area contributed by atoms with Crippen LogP contribution in [0.2, 0.25) is 0 Å². The van der Waals surface area contributed by atoms with Crippen molar-refractivity contribution in [3.8, 4) is 0 Å². The molecule has 2 aliphatic rings. The average molecular weight is 451 g/mol. The first-order valence-corrected chi connectivity index (χ1v) is 10.2. The SMILES string of the molecule is CCOC(=O)C1=C(C)NC2=C(C(=O)[C@@H](C(=O)OC)[C@@H](C)C2)[C@@H]1c1ccc(C(F)(F)F)cc1. The van der Waals surface area contributed by atoms with E-state index in [1.54, 1.807) is 20.8 Å². The lowest BCUT2D eigenvalue weighted by Crippen LogP contribution is -2.43. The second-order valence-corrected chi connectivity index (χ2v) is 7.88. The summed E-state index contributed by atoms with van der Waals surface area (Å²) in [5.74, 6) is -4.29. The number of dihydropyridines is 1. The molecule has 0 saturated carbocycles. The van der Waals surface area contributed by atoms with Crippen LogP contribution in [0.5, 0.6) is 0 Å². The highest BCUT2D eigenvalue weighted by molar-refractivity contribution is 6.12. The third-order valence-corrected chi connectivity index (χ3v) is 5.81. The summed E-state index contributed by atoms with van der Waals surface area (Å²) >= 11 is 0. The van der Waals surface area contributed by atoms with Gasteiger partial charge in [-0.1, -0.05) is 19.1 Å². The second-order valence-electron chi connectivity index (χ2n) is 7.88. The van der Waals surface area contributed by atoms with Crippen molar-refractivity contribution in [1.82, 2.24) is 5.32 Å². The van der Waals surface area contributed by atoms with Crippen LogP contribution >= 0.6 is 0 Å². The summed E-state index contributed by atoms with van der Waals surface area (Å²) in [6, 6.07) is 4.30. The van der Waals surface area contributed by atoms with Crippen molar-refractivity contribution in [2.24, 2.45) is 11.8 Å². The quantitative estimate of drug-likeness (QED) is 0.553. The fourth-order valence-electron chi connectivity index (χ4n) is 4.36. The molecule has 1 heterocycles. The number of halogens is 3. The Morgan fingerprint density at radius 3 is 2.34 bits per heavy atom. The van der Waals surface area contributed by atoms with Crippen LogP contribution in [0.3, 0.4) is 0 Å². The lowest BCUT2D eigenvalue weighted by Gasteiger charge is -2.38. The van der Waals surface area contributed by atoms with Gasteiger partial charge in [-0.2, -0.15) is 13.2 Å². The van der Waals surface area contributed by atoms with Gasteiger partial charge in [0.2, 0.25) is 0 Å². The van der Waals surface area contributed by atoms with Gasteiger partial charge in [0.25, 0.3) is 0 Å². The molecule has 0 radical (unpaired) electrons. The molecular formula is C23H24F3NO5. The number of carbonyl (C=O) groups excluding carboxylic acids is 3. The number of ether oxygens (including phenoxy) is 2. The monoisotopic (exact) mass is 451 g/mol. The van der Waals surface area contributed by atoms with Crippen LogP contribution in [0.1, 0.15) is 44.2 Å². The highest BCUT2D eigenvalue weighted by atomic mass is 19.4. The maximum Gasteiger partial charge on any atom is 0.416 e. The second kappa shape index (κ2) is 8.80.